The van der Waals surface area contributed by atoms with Crippen LogP contribution in [0.5, 0.6) is 0 Å². The molecule has 0 amide bonds. The molecule has 0 aliphatic carbocycles. The molecule has 0 bridgehead atoms. The molecule has 0 saturated heterocycles. The molecule has 0 radical (unpaired) electrons. The summed E-state index contributed by atoms with van der Waals surface area (Å²) in [6, 6.07) is 0. The van der Waals surface area contributed by atoms with E-state index in [4.69, 9.17) is 0 Å². The van der Waals surface area contributed by atoms with E-state index in [0.29, 0.717) is 0 Å². The number of unbranched alkanes of at least 4 members (excludes halogenated alkanes) is 1. The van der Waals surface area contributed by atoms with Crippen molar-refractivity contribution >= 4 is 0 Å². The minimum atomic E-state index is -0.480. The molecule has 0 aromatic rings. The summed E-state index contributed by atoms with van der Waals surface area (Å²) in [5.74, 6) is 0. The Morgan fingerprint density at radius 3 is 2.09 bits per heavy atom. The topological polar surface area (TPSA) is 23.5 Å². The molecule has 2 nitrogen and oxygen atoms in total. The van der Waals surface area contributed by atoms with Gasteiger partial charge in [0.2, 0.25) is 0 Å². The quantitative estimate of drug-likeness (QED) is 0.614. The van der Waals surface area contributed by atoms with Crippen LogP contribution in [0.25, 0.3) is 0 Å². The molecule has 0 unspecified atom stereocenters. The SMILES string of the molecule is CN(C)CCCCC(C)(C)O. The Bertz CT molecular complexity index is 94.2. The second-order valence-electron chi connectivity index (χ2n) is 4.07. The van der Waals surface area contributed by atoms with Crippen molar-refractivity contribution in [2.75, 3.05) is 20.6 Å². The lowest BCUT2D eigenvalue weighted by Crippen LogP contribution is -2.19. The van der Waals surface area contributed by atoms with Crippen molar-refractivity contribution in [1.29, 1.82) is 0 Å². The van der Waals surface area contributed by atoms with Gasteiger partial charge in [0, 0.05) is 0 Å². The summed E-state index contributed by atoms with van der Waals surface area (Å²) in [5.41, 5.74) is -0.480. The fourth-order valence-corrected chi connectivity index (χ4v) is 0.986. The normalized spacial score (nSPS) is 12.5. The summed E-state index contributed by atoms with van der Waals surface area (Å²) in [6.07, 6.45) is 3.19. The highest BCUT2D eigenvalue weighted by atomic mass is 16.3. The van der Waals surface area contributed by atoms with Gasteiger partial charge in [-0.15, -0.1) is 0 Å². The van der Waals surface area contributed by atoms with Gasteiger partial charge in [0.25, 0.3) is 0 Å². The van der Waals surface area contributed by atoms with Crippen molar-refractivity contribution in [3.63, 3.8) is 0 Å². The van der Waals surface area contributed by atoms with Crippen LogP contribution >= 0.6 is 0 Å². The number of nitrogens with zero attached hydrogens (tertiary/aromatic N) is 1. The monoisotopic (exact) mass is 159 g/mol. The minimum absolute atomic E-state index is 0.480. The van der Waals surface area contributed by atoms with E-state index in [9.17, 15) is 5.11 Å². The maximum Gasteiger partial charge on any atom is 0.0591 e. The van der Waals surface area contributed by atoms with Gasteiger partial charge in [0.15, 0.2) is 0 Å². The second-order valence-corrected chi connectivity index (χ2v) is 4.07. The molecule has 0 saturated carbocycles. The molecule has 1 N–H and O–H groups in total. The van der Waals surface area contributed by atoms with Gasteiger partial charge in [-0.3, -0.25) is 0 Å². The van der Waals surface area contributed by atoms with Crippen molar-refractivity contribution < 1.29 is 5.11 Å². The first-order chi connectivity index (χ1) is 4.92. The summed E-state index contributed by atoms with van der Waals surface area (Å²) >= 11 is 0. The first-order valence-corrected chi connectivity index (χ1v) is 4.29. The third kappa shape index (κ3) is 9.92. The summed E-state index contributed by atoms with van der Waals surface area (Å²) in [6.45, 7) is 4.85. The van der Waals surface area contributed by atoms with Crippen molar-refractivity contribution in [3.05, 3.63) is 0 Å². The van der Waals surface area contributed by atoms with Gasteiger partial charge in [-0.25, -0.2) is 0 Å². The van der Waals surface area contributed by atoms with E-state index in [0.717, 1.165) is 19.4 Å². The zero-order valence-corrected chi connectivity index (χ0v) is 8.22. The standard InChI is InChI=1S/C9H21NO/c1-9(2,11)7-5-6-8-10(3)4/h11H,5-8H2,1-4H3. The molecule has 68 valence electrons. The molecule has 0 aromatic carbocycles. The fourth-order valence-electron chi connectivity index (χ4n) is 0.986. The van der Waals surface area contributed by atoms with Crippen LogP contribution in [0.3, 0.4) is 0 Å². The van der Waals surface area contributed by atoms with E-state index < -0.39 is 5.60 Å². The van der Waals surface area contributed by atoms with Crippen LogP contribution in [-0.4, -0.2) is 36.2 Å². The average molecular weight is 159 g/mol. The average Bonchev–Trinajstić information content (AvgIpc) is 1.78. The Labute approximate surface area is 70.2 Å². The molecule has 0 aliphatic rings. The van der Waals surface area contributed by atoms with Crippen molar-refractivity contribution in [1.82, 2.24) is 4.90 Å². The van der Waals surface area contributed by atoms with Crippen LogP contribution in [0.15, 0.2) is 0 Å². The van der Waals surface area contributed by atoms with E-state index in [2.05, 4.69) is 19.0 Å². The van der Waals surface area contributed by atoms with E-state index in [-0.39, 0.29) is 0 Å². The maximum absolute atomic E-state index is 9.37. The molecule has 0 spiro atoms. The fraction of sp³-hybridized carbons (Fsp3) is 1.00. The summed E-state index contributed by atoms with van der Waals surface area (Å²) in [5, 5.41) is 9.37. The minimum Gasteiger partial charge on any atom is -0.390 e. The predicted octanol–water partition coefficient (Wildman–Crippen LogP) is 1.49. The lowest BCUT2D eigenvalue weighted by Gasteiger charge is -2.17. The molecule has 0 aliphatic heterocycles. The molecule has 0 fully saturated rings. The first-order valence-electron chi connectivity index (χ1n) is 4.29. The van der Waals surface area contributed by atoms with Crippen LogP contribution in [0.2, 0.25) is 0 Å². The maximum atomic E-state index is 9.37. The molecule has 0 heterocycles. The highest BCUT2D eigenvalue weighted by Gasteiger charge is 2.10. The van der Waals surface area contributed by atoms with E-state index in [1.54, 1.807) is 0 Å². The van der Waals surface area contributed by atoms with Gasteiger partial charge in [0.1, 0.15) is 0 Å². The smallest absolute Gasteiger partial charge is 0.0591 e. The predicted molar refractivity (Wildman–Crippen MR) is 48.7 cm³/mol. The number of hydrogen-bond acceptors (Lipinski definition) is 2. The Morgan fingerprint density at radius 2 is 1.73 bits per heavy atom. The Morgan fingerprint density at radius 1 is 1.18 bits per heavy atom. The largest absolute Gasteiger partial charge is 0.390 e. The Hall–Kier alpha value is -0.0800. The highest BCUT2D eigenvalue weighted by Crippen LogP contribution is 2.11. The lowest BCUT2D eigenvalue weighted by atomic mass is 10.0. The molecule has 0 aromatic heterocycles. The Kier molecular flexibility index (Phi) is 4.69. The van der Waals surface area contributed by atoms with Gasteiger partial charge in [-0.2, -0.15) is 0 Å². The third-order valence-electron chi connectivity index (χ3n) is 1.64. The van der Waals surface area contributed by atoms with E-state index in [1.165, 1.54) is 6.42 Å². The van der Waals surface area contributed by atoms with Crippen molar-refractivity contribution in [2.45, 2.75) is 38.7 Å². The van der Waals surface area contributed by atoms with Crippen LogP contribution in [-0.2, 0) is 0 Å². The summed E-state index contributed by atoms with van der Waals surface area (Å²) < 4.78 is 0. The molecule has 2 heteroatoms. The number of hydrogen-bond donors (Lipinski definition) is 1. The van der Waals surface area contributed by atoms with Crippen molar-refractivity contribution in [2.24, 2.45) is 0 Å². The summed E-state index contributed by atoms with van der Waals surface area (Å²) in [7, 11) is 4.15. The first kappa shape index (κ1) is 10.9. The Balaban J connectivity index is 3.15. The van der Waals surface area contributed by atoms with Gasteiger partial charge in [-0.05, 0) is 53.8 Å². The van der Waals surface area contributed by atoms with Gasteiger partial charge in [0.05, 0.1) is 5.60 Å². The van der Waals surface area contributed by atoms with Gasteiger partial charge < -0.3 is 10.0 Å². The van der Waals surface area contributed by atoms with E-state index >= 15 is 0 Å². The molecular formula is C9H21NO. The van der Waals surface area contributed by atoms with Crippen LogP contribution in [0.1, 0.15) is 33.1 Å². The zero-order valence-electron chi connectivity index (χ0n) is 8.22. The second kappa shape index (κ2) is 4.73. The van der Waals surface area contributed by atoms with Gasteiger partial charge >= 0.3 is 0 Å². The zero-order chi connectivity index (χ0) is 8.91. The number of aliphatic hydroxyl groups is 1. The molecule has 0 rings (SSSR count). The highest BCUT2D eigenvalue weighted by molar-refractivity contribution is 4.64. The molecular weight excluding hydrogens is 138 g/mol. The van der Waals surface area contributed by atoms with Crippen LogP contribution < -0.4 is 0 Å². The molecule has 11 heavy (non-hydrogen) atoms. The molecule has 0 atom stereocenters. The third-order valence-corrected chi connectivity index (χ3v) is 1.64. The van der Waals surface area contributed by atoms with Gasteiger partial charge in [-0.1, -0.05) is 0 Å². The summed E-state index contributed by atoms with van der Waals surface area (Å²) in [4.78, 5) is 2.17. The lowest BCUT2D eigenvalue weighted by molar-refractivity contribution is 0.0676. The van der Waals surface area contributed by atoms with Crippen LogP contribution in [0, 0.1) is 0 Å². The van der Waals surface area contributed by atoms with Crippen LogP contribution in [0.4, 0.5) is 0 Å². The number of rotatable bonds is 5. The van der Waals surface area contributed by atoms with Crippen molar-refractivity contribution in [3.8, 4) is 0 Å². The van der Waals surface area contributed by atoms with E-state index in [1.807, 2.05) is 13.8 Å².